The lowest BCUT2D eigenvalue weighted by Gasteiger charge is -2.04. The van der Waals surface area contributed by atoms with Crippen LogP contribution in [0, 0.1) is 0 Å². The number of esters is 1. The zero-order valence-corrected chi connectivity index (χ0v) is 9.02. The van der Waals surface area contributed by atoms with Crippen LogP contribution in [0.4, 0.5) is 0 Å². The first-order chi connectivity index (χ1) is 10.6. The van der Waals surface area contributed by atoms with Gasteiger partial charge < -0.3 is 8.92 Å². The Morgan fingerprint density at radius 1 is 1.47 bits per heavy atom. The van der Waals surface area contributed by atoms with Crippen LogP contribution in [0.3, 0.4) is 0 Å². The second-order valence-electron chi connectivity index (χ2n) is 2.65. The van der Waals surface area contributed by atoms with Crippen molar-refractivity contribution in [2.75, 3.05) is 6.56 Å². The third-order valence-corrected chi connectivity index (χ3v) is 1.89. The first-order valence-electron chi connectivity index (χ1n) is 7.57. The normalized spacial score (nSPS) is 19.5. The van der Waals surface area contributed by atoms with E-state index in [4.69, 9.17) is 14.1 Å². The highest BCUT2D eigenvalue weighted by atomic mass is 32.3. The zero-order chi connectivity index (χ0) is 19.0. The van der Waals surface area contributed by atoms with E-state index in [1.807, 2.05) is 0 Å². The van der Waals surface area contributed by atoms with Crippen LogP contribution in [-0.4, -0.2) is 25.5 Å². The van der Waals surface area contributed by atoms with E-state index in [9.17, 15) is 13.2 Å². The molecule has 0 aliphatic rings. The summed E-state index contributed by atoms with van der Waals surface area (Å²) in [5.41, 5.74) is -0.331. The number of hydrogen-bond acceptors (Lipinski definition) is 5. The van der Waals surface area contributed by atoms with E-state index >= 15 is 0 Å². The van der Waals surface area contributed by atoms with Crippen LogP contribution in [-0.2, 0) is 15.1 Å². The molecule has 0 aliphatic heterocycles. The Labute approximate surface area is 109 Å². The van der Waals surface area contributed by atoms with Crippen LogP contribution in [0.5, 0.6) is 5.75 Å². The molecule has 0 aromatic heterocycles. The van der Waals surface area contributed by atoms with Crippen molar-refractivity contribution in [1.29, 1.82) is 0 Å². The summed E-state index contributed by atoms with van der Waals surface area (Å²) in [7, 11) is -4.76. The quantitative estimate of drug-likeness (QED) is 0.641. The number of rotatable bonds is 5. The first-order valence-corrected chi connectivity index (χ1v) is 5.44. The van der Waals surface area contributed by atoms with Gasteiger partial charge in [0.2, 0.25) is 0 Å². The molecule has 1 N–H and O–H groups in total. The molecule has 0 radical (unpaired) electrons. The third kappa shape index (κ3) is 4.83. The molecule has 1 rings (SSSR count). The van der Waals surface area contributed by atoms with Crippen molar-refractivity contribution in [3.05, 3.63) is 29.8 Å². The Kier molecular flexibility index (Phi) is 2.11. The summed E-state index contributed by atoms with van der Waals surface area (Å²) in [5, 5.41) is 0. The van der Waals surface area contributed by atoms with Gasteiger partial charge in [0, 0.05) is 6.85 Å². The van der Waals surface area contributed by atoms with Gasteiger partial charge in [-0.3, -0.25) is 4.55 Å². The maximum Gasteiger partial charge on any atom is 0.446 e. The minimum absolute atomic E-state index is 0.331. The molecule has 0 spiro atoms. The summed E-state index contributed by atoms with van der Waals surface area (Å²) in [6, 6.07) is 3.78. The number of carbonyl (C=O) groups excluding carboxylic acids is 1. The molecule has 1 aromatic carbocycles. The van der Waals surface area contributed by atoms with E-state index in [1.165, 1.54) is 0 Å². The molecule has 17 heavy (non-hydrogen) atoms. The van der Waals surface area contributed by atoms with Crippen LogP contribution < -0.4 is 4.18 Å². The molecular weight excluding hydrogens is 248 g/mol. The highest BCUT2D eigenvalue weighted by Crippen LogP contribution is 2.14. The average molecular weight is 267 g/mol. The van der Waals surface area contributed by atoms with E-state index in [2.05, 4.69) is 8.92 Å². The predicted octanol–water partition coefficient (Wildman–Crippen LogP) is 1.43. The predicted molar refractivity (Wildman–Crippen MR) is 59.2 cm³/mol. The highest BCUT2D eigenvalue weighted by Gasteiger charge is 2.09. The third-order valence-electron chi connectivity index (χ3n) is 1.49. The lowest BCUT2D eigenvalue weighted by molar-refractivity contribution is 0.0505. The van der Waals surface area contributed by atoms with Crippen molar-refractivity contribution in [3.63, 3.8) is 0 Å². The van der Waals surface area contributed by atoms with Crippen molar-refractivity contribution in [3.8, 4) is 5.75 Å². The van der Waals surface area contributed by atoms with Gasteiger partial charge in [-0.1, -0.05) is 6.85 Å². The van der Waals surface area contributed by atoms with Crippen LogP contribution in [0.2, 0.25) is 0 Å². The Hall–Kier alpha value is -1.60. The highest BCUT2D eigenvalue weighted by molar-refractivity contribution is 7.81. The second kappa shape index (κ2) is 5.65. The van der Waals surface area contributed by atoms with E-state index in [0.717, 1.165) is 24.3 Å². The van der Waals surface area contributed by atoms with Gasteiger partial charge in [-0.2, -0.15) is 8.42 Å². The average Bonchev–Trinajstić information content (AvgIpc) is 2.35. The largest absolute Gasteiger partial charge is 0.462 e. The van der Waals surface area contributed by atoms with Gasteiger partial charge in [-0.15, -0.1) is 0 Å². The SMILES string of the molecule is [2H]C([2H])([2H])C([2H])([2H])C([2H])([2H])OC(=O)c1ccc(OS(=O)(=O)O)cc1. The fourth-order valence-corrected chi connectivity index (χ4v) is 1.25. The van der Waals surface area contributed by atoms with Gasteiger partial charge in [0.15, 0.2) is 0 Å². The van der Waals surface area contributed by atoms with Crippen molar-refractivity contribution in [2.24, 2.45) is 0 Å². The number of carbonyl (C=O) groups is 1. The van der Waals surface area contributed by atoms with E-state index in [0.29, 0.717) is 0 Å². The van der Waals surface area contributed by atoms with Gasteiger partial charge in [-0.25, -0.2) is 4.79 Å². The zero-order valence-electron chi connectivity index (χ0n) is 15.2. The van der Waals surface area contributed by atoms with Gasteiger partial charge >= 0.3 is 16.4 Å². The van der Waals surface area contributed by atoms with Gasteiger partial charge in [-0.05, 0) is 30.6 Å². The van der Waals surface area contributed by atoms with Crippen molar-refractivity contribution in [2.45, 2.75) is 13.2 Å². The lowest BCUT2D eigenvalue weighted by Crippen LogP contribution is -2.08. The lowest BCUT2D eigenvalue weighted by atomic mass is 10.2. The fourth-order valence-electron chi connectivity index (χ4n) is 0.899. The first kappa shape index (κ1) is 6.36. The van der Waals surface area contributed by atoms with E-state index < -0.39 is 36.2 Å². The van der Waals surface area contributed by atoms with Crippen molar-refractivity contribution in [1.82, 2.24) is 0 Å². The summed E-state index contributed by atoms with van der Waals surface area (Å²) < 4.78 is 88.2. The van der Waals surface area contributed by atoms with Crippen LogP contribution in [0.25, 0.3) is 0 Å². The number of hydrogen-bond donors (Lipinski definition) is 1. The Morgan fingerprint density at radius 3 is 2.65 bits per heavy atom. The van der Waals surface area contributed by atoms with Crippen molar-refractivity contribution < 1.29 is 36.3 Å². The molecule has 0 aliphatic carbocycles. The molecule has 94 valence electrons. The smallest absolute Gasteiger partial charge is 0.446 e. The molecule has 0 unspecified atom stereocenters. The summed E-state index contributed by atoms with van der Waals surface area (Å²) in [4.78, 5) is 11.8. The molecule has 0 saturated carbocycles. The monoisotopic (exact) mass is 267 g/mol. The summed E-state index contributed by atoms with van der Waals surface area (Å²) >= 11 is 0. The van der Waals surface area contributed by atoms with E-state index in [1.54, 1.807) is 0 Å². The van der Waals surface area contributed by atoms with Gasteiger partial charge in [0.05, 0.1) is 14.9 Å². The molecule has 0 bridgehead atoms. The molecule has 0 amide bonds. The van der Waals surface area contributed by atoms with Crippen LogP contribution in [0.15, 0.2) is 24.3 Å². The Balaban J connectivity index is 2.96. The molecule has 0 atom stereocenters. The Bertz CT molecular complexity index is 710. The summed E-state index contributed by atoms with van der Waals surface area (Å²) in [6.07, 6.45) is -3.47. The molecule has 0 saturated heterocycles. The van der Waals surface area contributed by atoms with Crippen LogP contribution >= 0.6 is 0 Å². The molecule has 1 aromatic rings. The molecule has 7 heteroatoms. The number of ether oxygens (including phenoxy) is 1. The topological polar surface area (TPSA) is 89.9 Å². The van der Waals surface area contributed by atoms with Crippen molar-refractivity contribution >= 4 is 16.4 Å². The fraction of sp³-hybridized carbons (Fsp3) is 0.300. The Morgan fingerprint density at radius 2 is 2.12 bits per heavy atom. The maximum atomic E-state index is 11.8. The summed E-state index contributed by atoms with van der Waals surface area (Å²) in [5.74, 6) is -1.73. The minimum atomic E-state index is -4.76. The molecule has 0 fully saturated rings. The van der Waals surface area contributed by atoms with Crippen LogP contribution in [0.1, 0.15) is 33.2 Å². The standard InChI is InChI=1S/C10H12O6S/c1-2-7-15-10(11)8-3-5-9(6-4-8)16-17(12,13)14/h3-6H,2,7H2,1H3,(H,12,13,14)/i1D3,2D2,7D2. The second-order valence-corrected chi connectivity index (χ2v) is 3.67. The van der Waals surface area contributed by atoms with E-state index in [-0.39, 0.29) is 11.3 Å². The van der Waals surface area contributed by atoms with Gasteiger partial charge in [0.25, 0.3) is 0 Å². The maximum absolute atomic E-state index is 11.8. The minimum Gasteiger partial charge on any atom is -0.462 e. The van der Waals surface area contributed by atoms with Gasteiger partial charge in [0.1, 0.15) is 5.75 Å². The molecule has 6 nitrogen and oxygen atoms in total. The molecule has 0 heterocycles. The molecular formula is C10H12O6S. The number of benzene rings is 1. The summed E-state index contributed by atoms with van der Waals surface area (Å²) in [6.45, 7) is -6.84.